The van der Waals surface area contributed by atoms with E-state index in [4.69, 9.17) is 5.26 Å². The van der Waals surface area contributed by atoms with Crippen LogP contribution in [-0.2, 0) is 6.42 Å². The van der Waals surface area contributed by atoms with Crippen molar-refractivity contribution in [1.82, 2.24) is 0 Å². The van der Waals surface area contributed by atoms with Crippen molar-refractivity contribution in [1.29, 1.82) is 5.26 Å². The highest BCUT2D eigenvalue weighted by Gasteiger charge is 2.09. The topological polar surface area (TPSA) is 40.9 Å². The van der Waals surface area contributed by atoms with E-state index in [1.54, 1.807) is 24.3 Å². The lowest BCUT2D eigenvalue weighted by atomic mass is 9.99. The van der Waals surface area contributed by atoms with Gasteiger partial charge in [0.15, 0.2) is 5.78 Å². The average Bonchev–Trinajstić information content (AvgIpc) is 2.40. The van der Waals surface area contributed by atoms with Crippen molar-refractivity contribution in [3.63, 3.8) is 0 Å². The number of nitriles is 1. The van der Waals surface area contributed by atoms with Gasteiger partial charge in [-0.15, -0.1) is 0 Å². The summed E-state index contributed by atoms with van der Waals surface area (Å²) in [6.45, 7) is 0. The van der Waals surface area contributed by atoms with Gasteiger partial charge >= 0.3 is 0 Å². The maximum absolute atomic E-state index is 12.7. The Balaban J connectivity index is 2.22. The third kappa shape index (κ3) is 2.61. The molecule has 0 N–H and O–H groups in total. The Morgan fingerprint density at radius 3 is 2.44 bits per heavy atom. The lowest BCUT2D eigenvalue weighted by Gasteiger charge is -2.03. The molecular formula is C15H10FNO. The van der Waals surface area contributed by atoms with Crippen molar-refractivity contribution in [3.05, 3.63) is 71.0 Å². The minimum atomic E-state index is -0.371. The van der Waals surface area contributed by atoms with E-state index in [0.717, 1.165) is 0 Å². The summed E-state index contributed by atoms with van der Waals surface area (Å²) < 4.78 is 12.7. The van der Waals surface area contributed by atoms with E-state index in [2.05, 4.69) is 0 Å². The third-order valence-electron chi connectivity index (χ3n) is 2.66. The Morgan fingerprint density at radius 2 is 1.78 bits per heavy atom. The number of benzene rings is 2. The normalized spacial score (nSPS) is 9.78. The monoisotopic (exact) mass is 239 g/mol. The highest BCUT2D eigenvalue weighted by molar-refractivity contribution is 5.97. The molecule has 0 atom stereocenters. The van der Waals surface area contributed by atoms with E-state index in [9.17, 15) is 9.18 Å². The van der Waals surface area contributed by atoms with Crippen LogP contribution >= 0.6 is 0 Å². The second-order valence-electron chi connectivity index (χ2n) is 3.88. The number of hydrogen-bond acceptors (Lipinski definition) is 2. The second kappa shape index (κ2) is 5.24. The second-order valence-corrected chi connectivity index (χ2v) is 3.88. The first-order valence-corrected chi connectivity index (χ1v) is 5.47. The van der Waals surface area contributed by atoms with Gasteiger partial charge in [-0.25, -0.2) is 4.39 Å². The third-order valence-corrected chi connectivity index (χ3v) is 2.66. The summed E-state index contributed by atoms with van der Waals surface area (Å²) in [5, 5.41) is 8.93. The molecule has 88 valence electrons. The quantitative estimate of drug-likeness (QED) is 0.772. The predicted molar refractivity (Wildman–Crippen MR) is 65.6 cm³/mol. The molecule has 0 aliphatic heterocycles. The highest BCUT2D eigenvalue weighted by atomic mass is 19.1. The molecule has 2 aromatic rings. The standard InChI is InChI=1S/C15H10FNO/c16-14-7-5-11(6-8-14)15(18)9-12-3-1-2-4-13(12)10-17/h1-8H,9H2. The van der Waals surface area contributed by atoms with Crippen LogP contribution < -0.4 is 0 Å². The van der Waals surface area contributed by atoms with Gasteiger partial charge in [0.2, 0.25) is 0 Å². The fourth-order valence-corrected chi connectivity index (χ4v) is 1.69. The molecule has 0 spiro atoms. The molecular weight excluding hydrogens is 229 g/mol. The van der Waals surface area contributed by atoms with E-state index >= 15 is 0 Å². The number of hydrogen-bond donors (Lipinski definition) is 0. The highest BCUT2D eigenvalue weighted by Crippen LogP contribution is 2.12. The number of ketones is 1. The van der Waals surface area contributed by atoms with E-state index in [1.165, 1.54) is 24.3 Å². The van der Waals surface area contributed by atoms with E-state index < -0.39 is 0 Å². The molecule has 18 heavy (non-hydrogen) atoms. The van der Waals surface area contributed by atoms with Crippen LogP contribution in [0.25, 0.3) is 0 Å². The van der Waals surface area contributed by atoms with Gasteiger partial charge in [0.05, 0.1) is 11.6 Å². The first-order valence-electron chi connectivity index (χ1n) is 5.47. The van der Waals surface area contributed by atoms with E-state index in [0.29, 0.717) is 16.7 Å². The van der Waals surface area contributed by atoms with Crippen LogP contribution in [0.1, 0.15) is 21.5 Å². The first kappa shape index (κ1) is 12.0. The van der Waals surface area contributed by atoms with E-state index in [1.807, 2.05) is 6.07 Å². The summed E-state index contributed by atoms with van der Waals surface area (Å²) in [4.78, 5) is 12.0. The molecule has 3 heteroatoms. The number of carbonyl (C=O) groups excluding carboxylic acids is 1. The molecule has 0 fully saturated rings. The average molecular weight is 239 g/mol. The smallest absolute Gasteiger partial charge is 0.167 e. The first-order chi connectivity index (χ1) is 8.70. The van der Waals surface area contributed by atoms with Gasteiger partial charge in [0.1, 0.15) is 5.82 Å². The summed E-state index contributed by atoms with van der Waals surface area (Å²) >= 11 is 0. The van der Waals surface area contributed by atoms with Crippen LogP contribution in [0, 0.1) is 17.1 Å². The number of Topliss-reactive ketones (excluding diaryl/α,β-unsaturated/α-hetero) is 1. The number of carbonyl (C=O) groups is 1. The van der Waals surface area contributed by atoms with Gasteiger partial charge < -0.3 is 0 Å². The fourth-order valence-electron chi connectivity index (χ4n) is 1.69. The molecule has 0 saturated carbocycles. The maximum Gasteiger partial charge on any atom is 0.167 e. The Labute approximate surface area is 104 Å². The fraction of sp³-hybridized carbons (Fsp3) is 0.0667. The van der Waals surface area contributed by atoms with Crippen molar-refractivity contribution in [2.45, 2.75) is 6.42 Å². The van der Waals surface area contributed by atoms with Gasteiger partial charge in [0, 0.05) is 12.0 Å². The molecule has 0 aliphatic carbocycles. The van der Waals surface area contributed by atoms with Crippen molar-refractivity contribution in [2.75, 3.05) is 0 Å². The SMILES string of the molecule is N#Cc1ccccc1CC(=O)c1ccc(F)cc1. The van der Waals surface area contributed by atoms with Crippen molar-refractivity contribution in [2.24, 2.45) is 0 Å². The molecule has 0 saturated heterocycles. The van der Waals surface area contributed by atoms with Gasteiger partial charge in [-0.2, -0.15) is 5.26 Å². The molecule has 0 amide bonds. The summed E-state index contributed by atoms with van der Waals surface area (Å²) in [6.07, 6.45) is 0.148. The molecule has 2 aromatic carbocycles. The summed E-state index contributed by atoms with van der Waals surface area (Å²) in [5.74, 6) is -0.498. The minimum absolute atomic E-state index is 0.127. The van der Waals surface area contributed by atoms with Crippen LogP contribution in [0.3, 0.4) is 0 Å². The Bertz CT molecular complexity index is 611. The Kier molecular flexibility index (Phi) is 3.49. The van der Waals surface area contributed by atoms with Gasteiger partial charge in [-0.1, -0.05) is 18.2 Å². The molecule has 0 bridgehead atoms. The van der Waals surface area contributed by atoms with Crippen molar-refractivity contribution < 1.29 is 9.18 Å². The lowest BCUT2D eigenvalue weighted by Crippen LogP contribution is -2.05. The van der Waals surface area contributed by atoms with Crippen molar-refractivity contribution >= 4 is 5.78 Å². The number of halogens is 1. The minimum Gasteiger partial charge on any atom is -0.294 e. The molecule has 0 aliphatic rings. The molecule has 2 nitrogen and oxygen atoms in total. The maximum atomic E-state index is 12.7. The van der Waals surface area contributed by atoms with Crippen LogP contribution in [-0.4, -0.2) is 5.78 Å². The van der Waals surface area contributed by atoms with Crippen LogP contribution in [0.15, 0.2) is 48.5 Å². The largest absolute Gasteiger partial charge is 0.294 e. The van der Waals surface area contributed by atoms with Crippen LogP contribution in [0.5, 0.6) is 0 Å². The zero-order chi connectivity index (χ0) is 13.0. The molecule has 2 rings (SSSR count). The Morgan fingerprint density at radius 1 is 1.11 bits per heavy atom. The van der Waals surface area contributed by atoms with Crippen LogP contribution in [0.4, 0.5) is 4.39 Å². The molecule has 0 radical (unpaired) electrons. The molecule has 0 heterocycles. The van der Waals surface area contributed by atoms with Crippen LogP contribution in [0.2, 0.25) is 0 Å². The zero-order valence-electron chi connectivity index (χ0n) is 9.56. The lowest BCUT2D eigenvalue weighted by molar-refractivity contribution is 0.0993. The van der Waals surface area contributed by atoms with Gasteiger partial charge in [0.25, 0.3) is 0 Å². The summed E-state index contributed by atoms with van der Waals surface area (Å²) in [5.41, 5.74) is 1.63. The van der Waals surface area contributed by atoms with Gasteiger partial charge in [-0.05, 0) is 35.9 Å². The van der Waals surface area contributed by atoms with E-state index in [-0.39, 0.29) is 18.0 Å². The molecule has 0 aromatic heterocycles. The molecule has 0 unspecified atom stereocenters. The van der Waals surface area contributed by atoms with Gasteiger partial charge in [-0.3, -0.25) is 4.79 Å². The summed E-state index contributed by atoms with van der Waals surface area (Å²) in [6, 6.07) is 14.4. The summed E-state index contributed by atoms with van der Waals surface area (Å²) in [7, 11) is 0. The number of nitrogens with zero attached hydrogens (tertiary/aromatic N) is 1. The Hall–Kier alpha value is -2.47. The zero-order valence-corrected chi connectivity index (χ0v) is 9.56. The number of rotatable bonds is 3. The predicted octanol–water partition coefficient (Wildman–Crippen LogP) is 3.12. The van der Waals surface area contributed by atoms with Crippen molar-refractivity contribution in [3.8, 4) is 6.07 Å².